The van der Waals surface area contributed by atoms with Crippen molar-refractivity contribution >= 4 is 11.9 Å². The van der Waals surface area contributed by atoms with E-state index in [-0.39, 0.29) is 18.4 Å². The van der Waals surface area contributed by atoms with Crippen LogP contribution in [0.1, 0.15) is 26.2 Å². The van der Waals surface area contributed by atoms with E-state index in [1.54, 1.807) is 0 Å². The highest BCUT2D eigenvalue weighted by molar-refractivity contribution is 5.35. The number of nitrogens with one attached hydrogen (secondary N) is 1. The second-order valence-electron chi connectivity index (χ2n) is 5.26. The maximum atomic E-state index is 12.7. The molecule has 0 saturated carbocycles. The van der Waals surface area contributed by atoms with Crippen molar-refractivity contribution in [1.29, 1.82) is 0 Å². The molecule has 0 radical (unpaired) electrons. The molecule has 1 heterocycles. The molecule has 2 rings (SSSR count). The molecule has 0 spiro atoms. The minimum atomic E-state index is -4.30. The zero-order chi connectivity index (χ0) is 16.9. The lowest BCUT2D eigenvalue weighted by Crippen LogP contribution is -2.17. The number of alkyl halides is 3. The van der Waals surface area contributed by atoms with E-state index >= 15 is 0 Å². The van der Waals surface area contributed by atoms with Crippen LogP contribution >= 0.6 is 0 Å². The van der Waals surface area contributed by atoms with Crippen molar-refractivity contribution < 1.29 is 13.2 Å². The third-order valence-electron chi connectivity index (χ3n) is 3.35. The summed E-state index contributed by atoms with van der Waals surface area (Å²) in [6.45, 7) is 1.94. The van der Waals surface area contributed by atoms with Crippen LogP contribution in [0.15, 0.2) is 41.8 Å². The van der Waals surface area contributed by atoms with Gasteiger partial charge in [0.2, 0.25) is 11.9 Å². The quantitative estimate of drug-likeness (QED) is 0.867. The maximum absolute atomic E-state index is 12.7. The van der Waals surface area contributed by atoms with Crippen LogP contribution in [0.2, 0.25) is 0 Å². The monoisotopic (exact) mass is 325 g/mol. The Balaban J connectivity index is 1.85. The lowest BCUT2D eigenvalue weighted by Gasteiger charge is -2.13. The molecule has 0 saturated heterocycles. The van der Waals surface area contributed by atoms with Gasteiger partial charge in [-0.15, -0.1) is 0 Å². The van der Waals surface area contributed by atoms with Crippen molar-refractivity contribution in [2.75, 3.05) is 11.1 Å². The van der Waals surface area contributed by atoms with Gasteiger partial charge < -0.3 is 11.1 Å². The maximum Gasteiger partial charge on any atom is 0.416 e. The van der Waals surface area contributed by atoms with Crippen LogP contribution in [0.5, 0.6) is 0 Å². The van der Waals surface area contributed by atoms with E-state index in [1.165, 1.54) is 18.5 Å². The molecule has 3 N–H and O–H groups in total. The molecule has 1 aliphatic carbocycles. The Hall–Kier alpha value is -2.38. The number of nitrogens with two attached hydrogens (primary N) is 1. The highest BCUT2D eigenvalue weighted by atomic mass is 19.4. The van der Waals surface area contributed by atoms with Gasteiger partial charge in [0, 0.05) is 6.04 Å². The molecular formula is C15H18F3N5. The van der Waals surface area contributed by atoms with Crippen molar-refractivity contribution in [2.24, 2.45) is 0 Å². The van der Waals surface area contributed by atoms with Gasteiger partial charge in [-0.2, -0.15) is 18.2 Å². The third-order valence-corrected chi connectivity index (χ3v) is 3.35. The number of nitrogens with zero attached hydrogens (tertiary/aromatic N) is 3. The first-order valence-electron chi connectivity index (χ1n) is 7.20. The molecule has 5 nitrogen and oxygen atoms in total. The van der Waals surface area contributed by atoms with Gasteiger partial charge in [0.05, 0.1) is 5.57 Å². The topological polar surface area (TPSA) is 76.7 Å². The number of aromatic nitrogens is 3. The third kappa shape index (κ3) is 5.39. The molecule has 1 aromatic rings. The molecule has 0 amide bonds. The van der Waals surface area contributed by atoms with Gasteiger partial charge in [0.1, 0.15) is 6.33 Å². The van der Waals surface area contributed by atoms with Crippen LogP contribution in [0.4, 0.5) is 25.1 Å². The Labute approximate surface area is 132 Å². The summed E-state index contributed by atoms with van der Waals surface area (Å²) in [5.41, 5.74) is 5.75. The molecule has 8 heteroatoms. The van der Waals surface area contributed by atoms with Crippen molar-refractivity contribution in [3.8, 4) is 0 Å². The second kappa shape index (κ2) is 7.26. The van der Waals surface area contributed by atoms with Crippen molar-refractivity contribution in [3.63, 3.8) is 0 Å². The summed E-state index contributed by atoms with van der Waals surface area (Å²) in [4.78, 5) is 11.6. The zero-order valence-corrected chi connectivity index (χ0v) is 12.6. The van der Waals surface area contributed by atoms with Gasteiger partial charge >= 0.3 is 6.18 Å². The highest BCUT2D eigenvalue weighted by Crippen LogP contribution is 2.29. The van der Waals surface area contributed by atoms with Crippen LogP contribution in [-0.2, 0) is 0 Å². The number of allylic oxidation sites excluding steroid dienone is 6. The Morgan fingerprint density at radius 3 is 2.74 bits per heavy atom. The Morgan fingerprint density at radius 1 is 1.26 bits per heavy atom. The molecule has 124 valence electrons. The molecule has 23 heavy (non-hydrogen) atoms. The number of rotatable bonds is 5. The van der Waals surface area contributed by atoms with Crippen molar-refractivity contribution in [1.82, 2.24) is 15.0 Å². The summed E-state index contributed by atoms with van der Waals surface area (Å²) in [7, 11) is 0. The SMILES string of the molecule is CC(CCC1=CCC=C(C(F)(F)F)C=C1)Nc1ncnc(N)n1. The fourth-order valence-corrected chi connectivity index (χ4v) is 2.12. The predicted octanol–water partition coefficient (Wildman–Crippen LogP) is 3.41. The number of halogens is 3. The van der Waals surface area contributed by atoms with E-state index in [2.05, 4.69) is 20.3 Å². The molecule has 1 aromatic heterocycles. The number of hydrogen-bond acceptors (Lipinski definition) is 5. The van der Waals surface area contributed by atoms with E-state index in [4.69, 9.17) is 5.73 Å². The van der Waals surface area contributed by atoms with E-state index in [1.807, 2.05) is 13.0 Å². The summed E-state index contributed by atoms with van der Waals surface area (Å²) < 4.78 is 38.0. The fraction of sp³-hybridized carbons (Fsp3) is 0.400. The summed E-state index contributed by atoms with van der Waals surface area (Å²) >= 11 is 0. The standard InChI is InChI=1S/C15H18F3N5/c1-10(22-14-21-9-20-13(19)23-14)5-6-11-3-2-4-12(8-7-11)15(16,17)18/h3-4,7-10H,2,5-6H2,1H3,(H3,19,20,21,22,23). The molecule has 1 aliphatic rings. The van der Waals surface area contributed by atoms with Gasteiger partial charge in [-0.3, -0.25) is 0 Å². The average molecular weight is 325 g/mol. The summed E-state index contributed by atoms with van der Waals surface area (Å²) in [6.07, 6.45) is 4.34. The first-order valence-corrected chi connectivity index (χ1v) is 7.20. The predicted molar refractivity (Wildman–Crippen MR) is 82.5 cm³/mol. The molecule has 0 aromatic carbocycles. The minimum absolute atomic E-state index is 0.0457. The molecule has 1 atom stereocenters. The first kappa shape index (κ1) is 17.0. The van der Waals surface area contributed by atoms with Gasteiger partial charge in [-0.05, 0) is 26.2 Å². The summed E-state index contributed by atoms with van der Waals surface area (Å²) in [5.74, 6) is 0.520. The fourth-order valence-electron chi connectivity index (χ4n) is 2.12. The van der Waals surface area contributed by atoms with Gasteiger partial charge in [0.25, 0.3) is 0 Å². The Kier molecular flexibility index (Phi) is 5.36. The minimum Gasteiger partial charge on any atom is -0.368 e. The number of hydrogen-bond donors (Lipinski definition) is 2. The molecule has 0 bridgehead atoms. The highest BCUT2D eigenvalue weighted by Gasteiger charge is 2.31. The van der Waals surface area contributed by atoms with E-state index in [0.717, 1.165) is 18.1 Å². The van der Waals surface area contributed by atoms with Crippen LogP contribution in [0.25, 0.3) is 0 Å². The van der Waals surface area contributed by atoms with Crippen LogP contribution in [0, 0.1) is 0 Å². The Morgan fingerprint density at radius 2 is 2.04 bits per heavy atom. The summed E-state index contributed by atoms with van der Waals surface area (Å²) in [5, 5.41) is 3.08. The van der Waals surface area contributed by atoms with Gasteiger partial charge in [-0.1, -0.05) is 29.9 Å². The first-order chi connectivity index (χ1) is 10.8. The van der Waals surface area contributed by atoms with Crippen LogP contribution in [-0.4, -0.2) is 27.2 Å². The molecular weight excluding hydrogens is 307 g/mol. The van der Waals surface area contributed by atoms with E-state index in [9.17, 15) is 13.2 Å². The molecule has 0 aliphatic heterocycles. The zero-order valence-electron chi connectivity index (χ0n) is 12.6. The average Bonchev–Trinajstić information content (AvgIpc) is 2.70. The van der Waals surface area contributed by atoms with E-state index < -0.39 is 11.7 Å². The van der Waals surface area contributed by atoms with Crippen LogP contribution < -0.4 is 11.1 Å². The molecule has 0 fully saturated rings. The van der Waals surface area contributed by atoms with Crippen LogP contribution in [0.3, 0.4) is 0 Å². The largest absolute Gasteiger partial charge is 0.416 e. The van der Waals surface area contributed by atoms with Crippen molar-refractivity contribution in [3.05, 3.63) is 41.8 Å². The lowest BCUT2D eigenvalue weighted by molar-refractivity contribution is -0.0883. The van der Waals surface area contributed by atoms with Gasteiger partial charge in [-0.25, -0.2) is 9.97 Å². The van der Waals surface area contributed by atoms with Gasteiger partial charge in [0.15, 0.2) is 0 Å². The second-order valence-corrected chi connectivity index (χ2v) is 5.26. The summed E-state index contributed by atoms with van der Waals surface area (Å²) in [6, 6.07) is 0.0457. The molecule has 1 unspecified atom stereocenters. The number of nitrogen functional groups attached to an aromatic ring is 1. The smallest absolute Gasteiger partial charge is 0.368 e. The lowest BCUT2D eigenvalue weighted by atomic mass is 10.1. The Bertz CT molecular complexity index is 634. The number of anilines is 2. The normalized spacial score (nSPS) is 16.3. The van der Waals surface area contributed by atoms with E-state index in [0.29, 0.717) is 12.4 Å². The van der Waals surface area contributed by atoms with Crippen molar-refractivity contribution in [2.45, 2.75) is 38.4 Å².